The van der Waals surface area contributed by atoms with Gasteiger partial charge in [-0.05, 0) is 19.3 Å². The molecule has 3 rings (SSSR count). The van der Waals surface area contributed by atoms with Gasteiger partial charge in [-0.2, -0.15) is 0 Å². The number of carbonyl (C=O) groups excluding carboxylic acids is 1. The summed E-state index contributed by atoms with van der Waals surface area (Å²) in [5.41, 5.74) is 0. The molecule has 18 heavy (non-hydrogen) atoms. The molecule has 5 heteroatoms. The van der Waals surface area contributed by atoms with Crippen LogP contribution in [0.2, 0.25) is 0 Å². The Bertz CT molecular complexity index is 416. The summed E-state index contributed by atoms with van der Waals surface area (Å²) in [5.74, 6) is 1.36. The van der Waals surface area contributed by atoms with Crippen LogP contribution in [0.1, 0.15) is 19.3 Å². The van der Waals surface area contributed by atoms with Crippen LogP contribution in [-0.4, -0.2) is 47.0 Å². The Balaban J connectivity index is 1.63. The Kier molecular flexibility index (Phi) is 3.13. The Morgan fingerprint density at radius 3 is 2.78 bits per heavy atom. The highest BCUT2D eigenvalue weighted by atomic mass is 16.2. The van der Waals surface area contributed by atoms with E-state index in [1.807, 2.05) is 4.90 Å². The van der Waals surface area contributed by atoms with Crippen molar-refractivity contribution >= 4 is 11.7 Å². The van der Waals surface area contributed by atoms with Crippen LogP contribution in [0.5, 0.6) is 0 Å². The van der Waals surface area contributed by atoms with Gasteiger partial charge in [0.2, 0.25) is 5.91 Å². The van der Waals surface area contributed by atoms with Gasteiger partial charge in [0.15, 0.2) is 0 Å². The predicted molar refractivity (Wildman–Crippen MR) is 68.2 cm³/mol. The summed E-state index contributed by atoms with van der Waals surface area (Å²) in [6, 6.07) is 0. The third-order valence-corrected chi connectivity index (χ3v) is 3.83. The second-order valence-electron chi connectivity index (χ2n) is 5.03. The summed E-state index contributed by atoms with van der Waals surface area (Å²) < 4.78 is 0. The molecule has 1 atom stereocenters. The molecule has 0 saturated carbocycles. The number of anilines is 1. The molecule has 0 radical (unpaired) electrons. The minimum absolute atomic E-state index is 0.144. The molecule has 1 unspecified atom stereocenters. The zero-order valence-electron chi connectivity index (χ0n) is 10.5. The summed E-state index contributed by atoms with van der Waals surface area (Å²) in [5, 5.41) is 0. The highest BCUT2D eigenvalue weighted by Crippen LogP contribution is 2.24. The van der Waals surface area contributed by atoms with Gasteiger partial charge in [-0.1, -0.05) is 0 Å². The molecule has 1 aromatic heterocycles. The molecule has 0 aliphatic carbocycles. The lowest BCUT2D eigenvalue weighted by Gasteiger charge is -2.20. The van der Waals surface area contributed by atoms with E-state index in [2.05, 4.69) is 14.9 Å². The molecule has 2 aliphatic heterocycles. The van der Waals surface area contributed by atoms with E-state index in [1.165, 1.54) is 0 Å². The molecular formula is C13H18N4O. The van der Waals surface area contributed by atoms with E-state index >= 15 is 0 Å². The van der Waals surface area contributed by atoms with Gasteiger partial charge in [-0.25, -0.2) is 4.98 Å². The molecule has 96 valence electrons. The smallest absolute Gasteiger partial charge is 0.227 e. The van der Waals surface area contributed by atoms with Crippen molar-refractivity contribution in [2.75, 3.05) is 31.1 Å². The fourth-order valence-electron chi connectivity index (χ4n) is 2.82. The minimum atomic E-state index is 0.144. The van der Waals surface area contributed by atoms with E-state index < -0.39 is 0 Å². The van der Waals surface area contributed by atoms with Gasteiger partial charge >= 0.3 is 0 Å². The number of amides is 1. The summed E-state index contributed by atoms with van der Waals surface area (Å²) in [7, 11) is 0. The molecule has 0 spiro atoms. The van der Waals surface area contributed by atoms with Gasteiger partial charge in [-0.15, -0.1) is 0 Å². The van der Waals surface area contributed by atoms with E-state index in [1.54, 1.807) is 18.6 Å². The molecule has 3 heterocycles. The molecular weight excluding hydrogens is 228 g/mol. The Hall–Kier alpha value is -1.65. The maximum Gasteiger partial charge on any atom is 0.227 e. The molecule has 2 aliphatic rings. The Morgan fingerprint density at radius 1 is 1.22 bits per heavy atom. The van der Waals surface area contributed by atoms with Gasteiger partial charge in [0.1, 0.15) is 5.82 Å². The third kappa shape index (κ3) is 2.17. The fraction of sp³-hybridized carbons (Fsp3) is 0.615. The van der Waals surface area contributed by atoms with Gasteiger partial charge in [-0.3, -0.25) is 9.78 Å². The average molecular weight is 246 g/mol. The number of carbonyl (C=O) groups is 1. The first-order chi connectivity index (χ1) is 8.84. The van der Waals surface area contributed by atoms with Crippen molar-refractivity contribution in [3.63, 3.8) is 0 Å². The molecule has 0 bridgehead atoms. The second kappa shape index (κ2) is 4.92. The van der Waals surface area contributed by atoms with Crippen molar-refractivity contribution in [3.8, 4) is 0 Å². The standard InChI is InChI=1S/C13H18N4O/c18-13(16-6-1-2-7-16)11-3-8-17(10-11)12-9-14-4-5-15-12/h4-5,9,11H,1-3,6-8,10H2. The van der Waals surface area contributed by atoms with Crippen LogP contribution in [0.15, 0.2) is 18.6 Å². The zero-order chi connectivity index (χ0) is 12.4. The normalized spacial score (nSPS) is 23.7. The summed E-state index contributed by atoms with van der Waals surface area (Å²) in [4.78, 5) is 24.8. The van der Waals surface area contributed by atoms with E-state index in [9.17, 15) is 4.79 Å². The Labute approximate surface area is 107 Å². The number of likely N-dealkylation sites (tertiary alicyclic amines) is 1. The molecule has 0 aromatic carbocycles. The first-order valence-corrected chi connectivity index (χ1v) is 6.64. The zero-order valence-corrected chi connectivity index (χ0v) is 10.5. The monoisotopic (exact) mass is 246 g/mol. The topological polar surface area (TPSA) is 49.3 Å². The lowest BCUT2D eigenvalue weighted by Crippen LogP contribution is -2.35. The maximum atomic E-state index is 12.3. The first-order valence-electron chi connectivity index (χ1n) is 6.64. The predicted octanol–water partition coefficient (Wildman–Crippen LogP) is 0.925. The average Bonchev–Trinajstić information content (AvgIpc) is 3.10. The third-order valence-electron chi connectivity index (χ3n) is 3.83. The fourth-order valence-corrected chi connectivity index (χ4v) is 2.82. The van der Waals surface area contributed by atoms with Gasteiger partial charge in [0.05, 0.1) is 12.1 Å². The van der Waals surface area contributed by atoms with Crippen LogP contribution in [0.25, 0.3) is 0 Å². The number of rotatable bonds is 2. The molecule has 5 nitrogen and oxygen atoms in total. The molecule has 2 saturated heterocycles. The van der Waals surface area contributed by atoms with E-state index in [-0.39, 0.29) is 5.92 Å². The number of hydrogen-bond donors (Lipinski definition) is 0. The van der Waals surface area contributed by atoms with Crippen LogP contribution in [-0.2, 0) is 4.79 Å². The SMILES string of the molecule is O=C(C1CCN(c2cnccn2)C1)N1CCCC1. The van der Waals surface area contributed by atoms with Crippen molar-refractivity contribution in [3.05, 3.63) is 18.6 Å². The van der Waals surface area contributed by atoms with Crippen molar-refractivity contribution in [1.29, 1.82) is 0 Å². The van der Waals surface area contributed by atoms with E-state index in [0.29, 0.717) is 5.91 Å². The maximum absolute atomic E-state index is 12.3. The van der Waals surface area contributed by atoms with Gasteiger partial charge in [0.25, 0.3) is 0 Å². The molecule has 2 fully saturated rings. The van der Waals surface area contributed by atoms with Crippen LogP contribution >= 0.6 is 0 Å². The summed E-state index contributed by atoms with van der Waals surface area (Å²) in [6.07, 6.45) is 8.39. The van der Waals surface area contributed by atoms with E-state index in [4.69, 9.17) is 0 Å². The first kappa shape index (κ1) is 11.4. The van der Waals surface area contributed by atoms with Crippen molar-refractivity contribution in [1.82, 2.24) is 14.9 Å². The second-order valence-corrected chi connectivity index (χ2v) is 5.03. The van der Waals surface area contributed by atoms with Crippen molar-refractivity contribution < 1.29 is 4.79 Å². The van der Waals surface area contributed by atoms with Crippen LogP contribution in [0, 0.1) is 5.92 Å². The Morgan fingerprint density at radius 2 is 2.06 bits per heavy atom. The minimum Gasteiger partial charge on any atom is -0.355 e. The molecule has 0 N–H and O–H groups in total. The number of aromatic nitrogens is 2. The highest BCUT2D eigenvalue weighted by Gasteiger charge is 2.32. The lowest BCUT2D eigenvalue weighted by molar-refractivity contribution is -0.133. The quantitative estimate of drug-likeness (QED) is 0.779. The van der Waals surface area contributed by atoms with Crippen molar-refractivity contribution in [2.45, 2.75) is 19.3 Å². The van der Waals surface area contributed by atoms with Crippen LogP contribution in [0.4, 0.5) is 5.82 Å². The van der Waals surface area contributed by atoms with Gasteiger partial charge < -0.3 is 9.80 Å². The summed E-state index contributed by atoms with van der Waals surface area (Å²) in [6.45, 7) is 3.58. The summed E-state index contributed by atoms with van der Waals surface area (Å²) >= 11 is 0. The molecule has 1 aromatic rings. The van der Waals surface area contributed by atoms with Crippen LogP contribution in [0.3, 0.4) is 0 Å². The van der Waals surface area contributed by atoms with Gasteiger partial charge in [0, 0.05) is 38.6 Å². The molecule has 1 amide bonds. The largest absolute Gasteiger partial charge is 0.355 e. The van der Waals surface area contributed by atoms with E-state index in [0.717, 1.165) is 51.3 Å². The number of nitrogens with zero attached hydrogens (tertiary/aromatic N) is 4. The lowest BCUT2D eigenvalue weighted by atomic mass is 10.1. The van der Waals surface area contributed by atoms with Crippen molar-refractivity contribution in [2.24, 2.45) is 5.92 Å². The number of hydrogen-bond acceptors (Lipinski definition) is 4. The van der Waals surface area contributed by atoms with Crippen LogP contribution < -0.4 is 4.90 Å². The highest BCUT2D eigenvalue weighted by molar-refractivity contribution is 5.80.